The molecule has 3 nitrogen and oxygen atoms in total. The predicted octanol–water partition coefficient (Wildman–Crippen LogP) is 3.10. The highest BCUT2D eigenvalue weighted by molar-refractivity contribution is 5.84. The number of halogens is 3. The van der Waals surface area contributed by atoms with Gasteiger partial charge in [0.15, 0.2) is 0 Å². The third-order valence-electron chi connectivity index (χ3n) is 1.88. The van der Waals surface area contributed by atoms with Crippen molar-refractivity contribution in [3.8, 4) is 0 Å². The largest absolute Gasteiger partial charge is 0.465 e. The van der Waals surface area contributed by atoms with E-state index < -0.39 is 17.8 Å². The van der Waals surface area contributed by atoms with Crippen LogP contribution in [0.4, 0.5) is 23.7 Å². The molecule has 0 aromatic heterocycles. The van der Waals surface area contributed by atoms with Crippen LogP contribution in [-0.2, 0) is 6.18 Å². The van der Waals surface area contributed by atoms with Gasteiger partial charge in [-0.2, -0.15) is 13.2 Å². The number of hydrogen-bond acceptors (Lipinski definition) is 1. The van der Waals surface area contributed by atoms with Crippen LogP contribution in [-0.4, -0.2) is 11.2 Å². The monoisotopic (exact) mass is 219 g/mol. The van der Waals surface area contributed by atoms with E-state index in [1.807, 2.05) is 5.32 Å². The van der Waals surface area contributed by atoms with E-state index in [2.05, 4.69) is 0 Å². The van der Waals surface area contributed by atoms with Gasteiger partial charge in [-0.05, 0) is 24.6 Å². The van der Waals surface area contributed by atoms with E-state index >= 15 is 0 Å². The van der Waals surface area contributed by atoms with Gasteiger partial charge in [0.05, 0.1) is 5.56 Å². The Bertz CT molecular complexity index is 387. The van der Waals surface area contributed by atoms with Crippen LogP contribution >= 0.6 is 0 Å². The minimum atomic E-state index is -4.47. The molecule has 1 rings (SSSR count). The van der Waals surface area contributed by atoms with Gasteiger partial charge >= 0.3 is 12.3 Å². The summed E-state index contributed by atoms with van der Waals surface area (Å²) in [6, 6.07) is 3.34. The molecule has 1 aromatic rings. The highest BCUT2D eigenvalue weighted by atomic mass is 19.4. The Labute approximate surface area is 83.5 Å². The number of anilines is 1. The minimum Gasteiger partial charge on any atom is -0.465 e. The quantitative estimate of drug-likeness (QED) is 0.762. The van der Waals surface area contributed by atoms with Crippen molar-refractivity contribution in [1.82, 2.24) is 0 Å². The van der Waals surface area contributed by atoms with Gasteiger partial charge in [-0.25, -0.2) is 4.79 Å². The summed E-state index contributed by atoms with van der Waals surface area (Å²) in [5, 5.41) is 10.3. The molecule has 0 radical (unpaired) electrons. The number of alkyl halides is 3. The van der Waals surface area contributed by atoms with Crippen molar-refractivity contribution >= 4 is 11.8 Å². The Morgan fingerprint density at radius 2 is 2.00 bits per heavy atom. The molecule has 82 valence electrons. The lowest BCUT2D eigenvalue weighted by Crippen LogP contribution is -2.12. The van der Waals surface area contributed by atoms with E-state index in [9.17, 15) is 18.0 Å². The molecule has 2 N–H and O–H groups in total. The first-order chi connectivity index (χ1) is 6.82. The van der Waals surface area contributed by atoms with Gasteiger partial charge in [0.2, 0.25) is 0 Å². The fraction of sp³-hybridized carbons (Fsp3) is 0.222. The third kappa shape index (κ3) is 2.61. The number of amides is 1. The zero-order valence-electron chi connectivity index (χ0n) is 7.72. The van der Waals surface area contributed by atoms with Crippen molar-refractivity contribution in [2.24, 2.45) is 0 Å². The molecule has 0 heterocycles. The van der Waals surface area contributed by atoms with Gasteiger partial charge in [0.1, 0.15) is 0 Å². The van der Waals surface area contributed by atoms with Crippen LogP contribution in [0, 0.1) is 6.92 Å². The van der Waals surface area contributed by atoms with Crippen LogP contribution in [0.25, 0.3) is 0 Å². The zero-order chi connectivity index (χ0) is 11.6. The summed E-state index contributed by atoms with van der Waals surface area (Å²) in [5.41, 5.74) is -1.03. The van der Waals surface area contributed by atoms with Crippen LogP contribution < -0.4 is 5.32 Å². The van der Waals surface area contributed by atoms with Crippen LogP contribution in [0.5, 0.6) is 0 Å². The van der Waals surface area contributed by atoms with E-state index in [0.29, 0.717) is 0 Å². The van der Waals surface area contributed by atoms with E-state index in [1.54, 1.807) is 0 Å². The molecule has 0 bridgehead atoms. The van der Waals surface area contributed by atoms with E-state index in [0.717, 1.165) is 12.1 Å². The molecule has 15 heavy (non-hydrogen) atoms. The molecule has 6 heteroatoms. The second-order valence-corrected chi connectivity index (χ2v) is 2.91. The number of hydrogen-bond donors (Lipinski definition) is 2. The summed E-state index contributed by atoms with van der Waals surface area (Å²) in [6.45, 7) is 1.22. The Morgan fingerprint density at radius 1 is 1.40 bits per heavy atom. The number of nitrogens with one attached hydrogen (secondary N) is 1. The first-order valence-corrected chi connectivity index (χ1v) is 3.99. The molecular formula is C9H8F3NO2. The maximum atomic E-state index is 12.4. The zero-order valence-corrected chi connectivity index (χ0v) is 7.72. The van der Waals surface area contributed by atoms with E-state index in [4.69, 9.17) is 5.11 Å². The van der Waals surface area contributed by atoms with Crippen molar-refractivity contribution in [3.05, 3.63) is 29.3 Å². The van der Waals surface area contributed by atoms with Gasteiger partial charge in [0.25, 0.3) is 0 Å². The van der Waals surface area contributed by atoms with Crippen molar-refractivity contribution in [1.29, 1.82) is 0 Å². The number of benzene rings is 1. The third-order valence-corrected chi connectivity index (χ3v) is 1.88. The first-order valence-electron chi connectivity index (χ1n) is 3.99. The molecule has 0 unspecified atom stereocenters. The molecule has 0 aliphatic heterocycles. The van der Waals surface area contributed by atoms with E-state index in [-0.39, 0.29) is 11.3 Å². The SMILES string of the molecule is Cc1c(NC(=O)O)cccc1C(F)(F)F. The molecule has 0 spiro atoms. The van der Waals surface area contributed by atoms with Gasteiger partial charge < -0.3 is 5.11 Å². The fourth-order valence-electron chi connectivity index (χ4n) is 1.19. The molecule has 1 amide bonds. The summed E-state index contributed by atoms with van der Waals surface area (Å²) >= 11 is 0. The van der Waals surface area contributed by atoms with Gasteiger partial charge in [-0.15, -0.1) is 0 Å². The van der Waals surface area contributed by atoms with Crippen molar-refractivity contribution < 1.29 is 23.1 Å². The predicted molar refractivity (Wildman–Crippen MR) is 47.8 cm³/mol. The fourth-order valence-corrected chi connectivity index (χ4v) is 1.19. The maximum Gasteiger partial charge on any atom is 0.416 e. The number of rotatable bonds is 1. The lowest BCUT2D eigenvalue weighted by Gasteiger charge is -2.13. The minimum absolute atomic E-state index is 0.0580. The van der Waals surface area contributed by atoms with Crippen molar-refractivity contribution in [2.45, 2.75) is 13.1 Å². The Morgan fingerprint density at radius 3 is 2.47 bits per heavy atom. The highest BCUT2D eigenvalue weighted by Gasteiger charge is 2.32. The smallest absolute Gasteiger partial charge is 0.416 e. The highest BCUT2D eigenvalue weighted by Crippen LogP contribution is 2.34. The molecule has 0 atom stereocenters. The Balaban J connectivity index is 3.17. The molecule has 0 saturated heterocycles. The number of carbonyl (C=O) groups is 1. The maximum absolute atomic E-state index is 12.4. The van der Waals surface area contributed by atoms with Gasteiger partial charge in [-0.1, -0.05) is 6.07 Å². The van der Waals surface area contributed by atoms with Gasteiger partial charge in [0, 0.05) is 5.69 Å². The average molecular weight is 219 g/mol. The van der Waals surface area contributed by atoms with Crippen LogP contribution in [0.1, 0.15) is 11.1 Å². The standard InChI is InChI=1S/C9H8F3NO2/c1-5-6(9(10,11)12)3-2-4-7(5)13-8(14)15/h2-4,13H,1H3,(H,14,15). The lowest BCUT2D eigenvalue weighted by molar-refractivity contribution is -0.138. The average Bonchev–Trinajstić information content (AvgIpc) is 2.05. The van der Waals surface area contributed by atoms with Crippen LogP contribution in [0.15, 0.2) is 18.2 Å². The molecule has 0 saturated carbocycles. The normalized spacial score (nSPS) is 11.2. The molecule has 0 aliphatic rings. The summed E-state index contributed by atoms with van der Waals surface area (Å²) in [5.74, 6) is 0. The summed E-state index contributed by atoms with van der Waals surface area (Å²) in [7, 11) is 0. The lowest BCUT2D eigenvalue weighted by atomic mass is 10.1. The van der Waals surface area contributed by atoms with Crippen LogP contribution in [0.3, 0.4) is 0 Å². The molecular weight excluding hydrogens is 211 g/mol. The van der Waals surface area contributed by atoms with Crippen molar-refractivity contribution in [2.75, 3.05) is 5.32 Å². The molecule has 0 aliphatic carbocycles. The van der Waals surface area contributed by atoms with Crippen molar-refractivity contribution in [3.63, 3.8) is 0 Å². The first kappa shape index (κ1) is 11.4. The summed E-state index contributed by atoms with van der Waals surface area (Å²) in [4.78, 5) is 10.3. The molecule has 0 fully saturated rings. The number of carboxylic acid groups (broad SMARTS) is 1. The second-order valence-electron chi connectivity index (χ2n) is 2.91. The second kappa shape index (κ2) is 3.80. The van der Waals surface area contributed by atoms with Crippen LogP contribution in [0.2, 0.25) is 0 Å². The Kier molecular flexibility index (Phi) is 2.88. The molecule has 1 aromatic carbocycles. The Hall–Kier alpha value is -1.72. The topological polar surface area (TPSA) is 49.3 Å². The van der Waals surface area contributed by atoms with E-state index in [1.165, 1.54) is 13.0 Å². The summed E-state index contributed by atoms with van der Waals surface area (Å²) in [6.07, 6.45) is -5.86. The van der Waals surface area contributed by atoms with Gasteiger partial charge in [-0.3, -0.25) is 5.32 Å². The summed E-state index contributed by atoms with van der Waals surface area (Å²) < 4.78 is 37.2.